The number of carbonyl (C=O) groups excluding carboxylic acids is 2. The Hall–Kier alpha value is -2.86. The van der Waals surface area contributed by atoms with Crippen molar-refractivity contribution in [2.75, 3.05) is 11.9 Å². The summed E-state index contributed by atoms with van der Waals surface area (Å²) >= 11 is 3.44. The maximum Gasteiger partial charge on any atom is 0.262 e. The number of hydrogen-bond acceptors (Lipinski definition) is 3. The highest BCUT2D eigenvalue weighted by Gasteiger charge is 2.09. The second kappa shape index (κ2) is 8.01. The van der Waals surface area contributed by atoms with Gasteiger partial charge in [0.15, 0.2) is 6.61 Å². The Labute approximate surface area is 159 Å². The van der Waals surface area contributed by atoms with Crippen molar-refractivity contribution in [3.63, 3.8) is 0 Å². The second-order valence-corrected chi connectivity index (χ2v) is 6.71. The molecule has 0 radical (unpaired) electrons. The van der Waals surface area contributed by atoms with Crippen LogP contribution in [0.4, 0.5) is 5.69 Å². The van der Waals surface area contributed by atoms with Gasteiger partial charge in [0, 0.05) is 10.2 Å². The molecule has 3 rings (SSSR count). The smallest absolute Gasteiger partial charge is 0.262 e. The van der Waals surface area contributed by atoms with Gasteiger partial charge in [-0.05, 0) is 46.7 Å². The molecule has 0 aromatic heterocycles. The van der Waals surface area contributed by atoms with Crippen LogP contribution in [0, 0.1) is 0 Å². The number of benzene rings is 3. The van der Waals surface area contributed by atoms with E-state index in [1.165, 1.54) is 0 Å². The number of anilines is 1. The van der Waals surface area contributed by atoms with Crippen molar-refractivity contribution in [3.8, 4) is 5.75 Å². The van der Waals surface area contributed by atoms with Crippen LogP contribution in [0.25, 0.3) is 10.8 Å². The molecule has 0 unspecified atom stereocenters. The lowest BCUT2D eigenvalue weighted by molar-refractivity contribution is -0.118. The molecule has 3 aromatic rings. The van der Waals surface area contributed by atoms with Crippen molar-refractivity contribution in [2.24, 2.45) is 5.73 Å². The molecule has 0 saturated heterocycles. The first kappa shape index (κ1) is 17.9. The van der Waals surface area contributed by atoms with Crippen LogP contribution in [0.5, 0.6) is 5.75 Å². The van der Waals surface area contributed by atoms with E-state index in [1.807, 2.05) is 36.4 Å². The molecule has 6 heteroatoms. The first-order valence-corrected chi connectivity index (χ1v) is 8.79. The Morgan fingerprint density at radius 1 is 1.00 bits per heavy atom. The fraction of sp³-hybridized carbons (Fsp3) is 0.100. The van der Waals surface area contributed by atoms with Gasteiger partial charge in [0.25, 0.3) is 5.91 Å². The largest absolute Gasteiger partial charge is 0.484 e. The summed E-state index contributed by atoms with van der Waals surface area (Å²) in [4.78, 5) is 23.3. The molecule has 132 valence electrons. The zero-order valence-corrected chi connectivity index (χ0v) is 15.5. The van der Waals surface area contributed by atoms with Crippen molar-refractivity contribution in [1.29, 1.82) is 0 Å². The molecule has 0 aliphatic carbocycles. The Kier molecular flexibility index (Phi) is 5.53. The fourth-order valence-electron chi connectivity index (χ4n) is 2.60. The van der Waals surface area contributed by atoms with Crippen LogP contribution >= 0.6 is 15.9 Å². The van der Waals surface area contributed by atoms with Crippen LogP contribution in [-0.4, -0.2) is 18.4 Å². The van der Waals surface area contributed by atoms with Gasteiger partial charge >= 0.3 is 0 Å². The third-order valence-electron chi connectivity index (χ3n) is 3.80. The van der Waals surface area contributed by atoms with Crippen LogP contribution in [0.1, 0.15) is 5.56 Å². The van der Waals surface area contributed by atoms with E-state index in [9.17, 15) is 9.59 Å². The van der Waals surface area contributed by atoms with Gasteiger partial charge in [0.2, 0.25) is 5.91 Å². The Morgan fingerprint density at radius 2 is 1.73 bits per heavy atom. The van der Waals surface area contributed by atoms with Crippen LogP contribution in [-0.2, 0) is 16.0 Å². The van der Waals surface area contributed by atoms with Crippen LogP contribution in [0.3, 0.4) is 0 Å². The average Bonchev–Trinajstić information content (AvgIpc) is 2.61. The molecule has 2 amide bonds. The first-order valence-electron chi connectivity index (χ1n) is 7.99. The minimum Gasteiger partial charge on any atom is -0.484 e. The lowest BCUT2D eigenvalue weighted by Gasteiger charge is -2.11. The topological polar surface area (TPSA) is 81.4 Å². The molecule has 3 N–H and O–H groups in total. The number of carbonyl (C=O) groups is 2. The van der Waals surface area contributed by atoms with Crippen LogP contribution < -0.4 is 15.8 Å². The van der Waals surface area contributed by atoms with Gasteiger partial charge in [-0.3, -0.25) is 9.59 Å². The number of amides is 2. The molecule has 0 aliphatic rings. The highest BCUT2D eigenvalue weighted by atomic mass is 79.9. The molecule has 26 heavy (non-hydrogen) atoms. The molecule has 3 aromatic carbocycles. The van der Waals surface area contributed by atoms with E-state index in [4.69, 9.17) is 10.5 Å². The van der Waals surface area contributed by atoms with E-state index in [2.05, 4.69) is 21.2 Å². The number of nitrogens with one attached hydrogen (secondary N) is 1. The van der Waals surface area contributed by atoms with Crippen molar-refractivity contribution in [2.45, 2.75) is 6.42 Å². The monoisotopic (exact) mass is 412 g/mol. The second-order valence-electron chi connectivity index (χ2n) is 5.79. The number of nitrogens with two attached hydrogens (primary N) is 1. The lowest BCUT2D eigenvalue weighted by Crippen LogP contribution is -2.22. The third kappa shape index (κ3) is 4.61. The molecule has 0 aliphatic heterocycles. The van der Waals surface area contributed by atoms with Gasteiger partial charge in [-0.2, -0.15) is 0 Å². The van der Waals surface area contributed by atoms with E-state index in [-0.39, 0.29) is 18.9 Å². The van der Waals surface area contributed by atoms with Crippen LogP contribution in [0.15, 0.2) is 65.1 Å². The Morgan fingerprint density at radius 3 is 2.54 bits per heavy atom. The third-order valence-corrected chi connectivity index (χ3v) is 4.29. The molecule has 0 bridgehead atoms. The summed E-state index contributed by atoms with van der Waals surface area (Å²) in [6, 6.07) is 18.6. The quantitative estimate of drug-likeness (QED) is 0.648. The molecule has 0 heterocycles. The summed E-state index contributed by atoms with van der Waals surface area (Å²) in [6.45, 7) is -0.132. The Bertz CT molecular complexity index is 972. The number of rotatable bonds is 6. The average molecular weight is 413 g/mol. The number of para-hydroxylation sites is 1. The molecule has 0 atom stereocenters. The van der Waals surface area contributed by atoms with E-state index in [0.717, 1.165) is 15.2 Å². The maximum atomic E-state index is 12.2. The van der Waals surface area contributed by atoms with Crippen molar-refractivity contribution in [1.82, 2.24) is 0 Å². The van der Waals surface area contributed by atoms with Gasteiger partial charge in [-0.1, -0.05) is 46.3 Å². The predicted molar refractivity (Wildman–Crippen MR) is 105 cm³/mol. The fourth-order valence-corrected chi connectivity index (χ4v) is 2.98. The van der Waals surface area contributed by atoms with Crippen molar-refractivity contribution < 1.29 is 14.3 Å². The summed E-state index contributed by atoms with van der Waals surface area (Å²) in [7, 11) is 0. The maximum absolute atomic E-state index is 12.2. The number of ether oxygens (including phenoxy) is 1. The molecular weight excluding hydrogens is 396 g/mol. The van der Waals surface area contributed by atoms with E-state index in [0.29, 0.717) is 17.0 Å². The molecule has 0 saturated carbocycles. The summed E-state index contributed by atoms with van der Waals surface area (Å²) in [6.07, 6.45) is 0.0670. The van der Waals surface area contributed by atoms with E-state index in [1.54, 1.807) is 24.3 Å². The molecule has 5 nitrogen and oxygen atoms in total. The Balaban J connectivity index is 1.64. The first-order chi connectivity index (χ1) is 12.5. The molecule has 0 spiro atoms. The van der Waals surface area contributed by atoms with Crippen molar-refractivity contribution >= 4 is 44.2 Å². The van der Waals surface area contributed by atoms with Gasteiger partial charge in [0.05, 0.1) is 6.42 Å². The SMILES string of the molecule is NC(=O)Cc1ccccc1NC(=O)COc1ccc2cc(Br)ccc2c1. The van der Waals surface area contributed by atoms with Gasteiger partial charge < -0.3 is 15.8 Å². The minimum atomic E-state index is -0.453. The van der Waals surface area contributed by atoms with E-state index >= 15 is 0 Å². The standard InChI is InChI=1S/C20H17BrN2O3/c21-16-7-5-14-10-17(8-6-13(14)9-16)26-12-20(25)23-18-4-2-1-3-15(18)11-19(22)24/h1-10H,11-12H2,(H2,22,24)(H,23,25). The van der Waals surface area contributed by atoms with Crippen molar-refractivity contribution in [3.05, 3.63) is 70.7 Å². The summed E-state index contributed by atoms with van der Waals surface area (Å²) in [5, 5.41) is 4.86. The highest BCUT2D eigenvalue weighted by molar-refractivity contribution is 9.10. The number of fused-ring (bicyclic) bond motifs is 1. The molecule has 0 fully saturated rings. The zero-order chi connectivity index (χ0) is 18.5. The summed E-state index contributed by atoms with van der Waals surface area (Å²) < 4.78 is 6.59. The number of hydrogen-bond donors (Lipinski definition) is 2. The summed E-state index contributed by atoms with van der Waals surface area (Å²) in [5.74, 6) is -0.149. The molecular formula is C20H17BrN2O3. The minimum absolute atomic E-state index is 0.0670. The highest BCUT2D eigenvalue weighted by Crippen LogP contribution is 2.24. The zero-order valence-electron chi connectivity index (χ0n) is 13.9. The normalized spacial score (nSPS) is 10.5. The van der Waals surface area contributed by atoms with E-state index < -0.39 is 5.91 Å². The van der Waals surface area contributed by atoms with Crippen LogP contribution in [0.2, 0.25) is 0 Å². The van der Waals surface area contributed by atoms with Gasteiger partial charge in [-0.25, -0.2) is 0 Å². The lowest BCUT2D eigenvalue weighted by atomic mass is 10.1. The predicted octanol–water partition coefficient (Wildman–Crippen LogP) is 3.65. The summed E-state index contributed by atoms with van der Waals surface area (Å²) in [5.41, 5.74) is 6.46. The number of halogens is 1. The van der Waals surface area contributed by atoms with Gasteiger partial charge in [-0.15, -0.1) is 0 Å². The number of primary amides is 1. The van der Waals surface area contributed by atoms with Gasteiger partial charge in [0.1, 0.15) is 5.75 Å².